The first kappa shape index (κ1) is 9.03. The summed E-state index contributed by atoms with van der Waals surface area (Å²) in [7, 11) is 0. The number of ether oxygens (including phenoxy) is 1. The summed E-state index contributed by atoms with van der Waals surface area (Å²) in [4.78, 5) is 0. The molecule has 0 fully saturated rings. The number of nitrogens with zero attached hydrogens (tertiary/aromatic N) is 1. The molecule has 15 heavy (non-hydrogen) atoms. The van der Waals surface area contributed by atoms with Crippen molar-refractivity contribution in [3.05, 3.63) is 22.5 Å². The predicted molar refractivity (Wildman–Crippen MR) is 56.8 cm³/mol. The van der Waals surface area contributed by atoms with Crippen LogP contribution in [0, 0.1) is 17.2 Å². The molecule has 0 saturated carbocycles. The molecule has 0 aromatic heterocycles. The summed E-state index contributed by atoms with van der Waals surface area (Å²) in [5.74, 6) is 1.75. The van der Waals surface area contributed by atoms with Gasteiger partial charge in [-0.2, -0.15) is 5.26 Å². The fraction of sp³-hybridized carbons (Fsp3) is 0.615. The quantitative estimate of drug-likeness (QED) is 0.653. The lowest BCUT2D eigenvalue weighted by molar-refractivity contribution is 0.233. The standard InChI is InChI=1S/C13H15NO/c14-7-5-10-2-1-9-3-4-12-11(13(9)10)6-8-15-12/h10H,1-6,8H2. The first-order chi connectivity index (χ1) is 7.40. The van der Waals surface area contributed by atoms with E-state index in [9.17, 15) is 0 Å². The van der Waals surface area contributed by atoms with Crippen LogP contribution in [0.25, 0.3) is 0 Å². The van der Waals surface area contributed by atoms with E-state index in [0.717, 1.165) is 19.4 Å². The maximum Gasteiger partial charge on any atom is 0.0999 e. The average Bonchev–Trinajstić information content (AvgIpc) is 2.83. The molecule has 0 N–H and O–H groups in total. The number of hydrogen-bond donors (Lipinski definition) is 0. The van der Waals surface area contributed by atoms with Gasteiger partial charge in [-0.3, -0.25) is 0 Å². The van der Waals surface area contributed by atoms with E-state index in [1.165, 1.54) is 36.2 Å². The summed E-state index contributed by atoms with van der Waals surface area (Å²) in [6.07, 6.45) is 6.46. The van der Waals surface area contributed by atoms with E-state index < -0.39 is 0 Å². The normalized spacial score (nSPS) is 28.6. The second-order valence-electron chi connectivity index (χ2n) is 4.62. The molecule has 0 radical (unpaired) electrons. The van der Waals surface area contributed by atoms with Gasteiger partial charge in [-0.25, -0.2) is 0 Å². The van der Waals surface area contributed by atoms with Crippen molar-refractivity contribution in [2.75, 3.05) is 6.61 Å². The van der Waals surface area contributed by atoms with Gasteiger partial charge in [0.2, 0.25) is 0 Å². The largest absolute Gasteiger partial charge is 0.497 e. The van der Waals surface area contributed by atoms with Gasteiger partial charge in [-0.15, -0.1) is 0 Å². The Morgan fingerprint density at radius 1 is 1.27 bits per heavy atom. The maximum absolute atomic E-state index is 8.84. The fourth-order valence-corrected chi connectivity index (χ4v) is 3.23. The van der Waals surface area contributed by atoms with Crippen LogP contribution in [0.4, 0.5) is 0 Å². The molecule has 0 saturated heterocycles. The number of allylic oxidation sites excluding steroid dienone is 3. The lowest BCUT2D eigenvalue weighted by Crippen LogP contribution is -2.05. The Hall–Kier alpha value is -1.23. The van der Waals surface area contributed by atoms with Gasteiger partial charge in [-0.1, -0.05) is 5.57 Å². The van der Waals surface area contributed by atoms with Crippen molar-refractivity contribution in [3.63, 3.8) is 0 Å². The highest BCUT2D eigenvalue weighted by molar-refractivity contribution is 5.46. The molecule has 1 aliphatic heterocycles. The molecule has 0 aromatic rings. The molecular weight excluding hydrogens is 186 g/mol. The fourth-order valence-electron chi connectivity index (χ4n) is 3.23. The van der Waals surface area contributed by atoms with E-state index in [0.29, 0.717) is 12.3 Å². The molecule has 1 unspecified atom stereocenters. The Morgan fingerprint density at radius 2 is 2.20 bits per heavy atom. The van der Waals surface area contributed by atoms with Crippen molar-refractivity contribution in [1.29, 1.82) is 5.26 Å². The molecule has 3 rings (SSSR count). The van der Waals surface area contributed by atoms with Crippen LogP contribution in [-0.4, -0.2) is 6.61 Å². The highest BCUT2D eigenvalue weighted by Crippen LogP contribution is 2.47. The van der Waals surface area contributed by atoms with Gasteiger partial charge in [0, 0.05) is 19.3 Å². The predicted octanol–water partition coefficient (Wildman–Crippen LogP) is 3.07. The minimum absolute atomic E-state index is 0.511. The Balaban J connectivity index is 1.97. The minimum Gasteiger partial charge on any atom is -0.497 e. The molecule has 1 heterocycles. The van der Waals surface area contributed by atoms with Gasteiger partial charge in [-0.05, 0) is 36.3 Å². The molecule has 0 bridgehead atoms. The molecule has 3 aliphatic rings. The van der Waals surface area contributed by atoms with Crippen LogP contribution in [-0.2, 0) is 4.74 Å². The van der Waals surface area contributed by atoms with Gasteiger partial charge in [0.25, 0.3) is 0 Å². The third kappa shape index (κ3) is 1.30. The Labute approximate surface area is 90.2 Å². The van der Waals surface area contributed by atoms with Crippen molar-refractivity contribution in [1.82, 2.24) is 0 Å². The summed E-state index contributed by atoms with van der Waals surface area (Å²) < 4.78 is 5.65. The molecule has 78 valence electrons. The zero-order chi connectivity index (χ0) is 10.3. The van der Waals surface area contributed by atoms with Gasteiger partial charge in [0.05, 0.1) is 18.4 Å². The van der Waals surface area contributed by atoms with Gasteiger partial charge in [0.15, 0.2) is 0 Å². The second kappa shape index (κ2) is 3.41. The van der Waals surface area contributed by atoms with Gasteiger partial charge < -0.3 is 4.74 Å². The SMILES string of the molecule is N#CCC1CCC2=C1C1=C(CC2)OCC1. The second-order valence-corrected chi connectivity index (χ2v) is 4.62. The van der Waals surface area contributed by atoms with Crippen LogP contribution < -0.4 is 0 Å². The van der Waals surface area contributed by atoms with E-state index in [-0.39, 0.29) is 0 Å². The molecule has 0 amide bonds. The topological polar surface area (TPSA) is 33.0 Å². The van der Waals surface area contributed by atoms with E-state index >= 15 is 0 Å². The Kier molecular flexibility index (Phi) is 2.05. The summed E-state index contributed by atoms with van der Waals surface area (Å²) in [6, 6.07) is 2.32. The lowest BCUT2D eigenvalue weighted by Gasteiger charge is -2.19. The number of fused-ring (bicyclic) bond motifs is 1. The monoisotopic (exact) mass is 201 g/mol. The summed E-state index contributed by atoms with van der Waals surface area (Å²) in [5, 5.41) is 8.84. The zero-order valence-corrected chi connectivity index (χ0v) is 8.88. The Bertz CT molecular complexity index is 397. The zero-order valence-electron chi connectivity index (χ0n) is 8.88. The van der Waals surface area contributed by atoms with Crippen molar-refractivity contribution in [3.8, 4) is 6.07 Å². The molecule has 2 nitrogen and oxygen atoms in total. The molecule has 2 heteroatoms. The minimum atomic E-state index is 0.511. The van der Waals surface area contributed by atoms with Gasteiger partial charge in [0.1, 0.15) is 0 Å². The van der Waals surface area contributed by atoms with Crippen molar-refractivity contribution >= 4 is 0 Å². The van der Waals surface area contributed by atoms with Crippen LogP contribution in [0.3, 0.4) is 0 Å². The first-order valence-corrected chi connectivity index (χ1v) is 5.84. The molecule has 1 atom stereocenters. The molecule has 0 aromatic carbocycles. The van der Waals surface area contributed by atoms with E-state index in [4.69, 9.17) is 10.00 Å². The summed E-state index contributed by atoms with van der Waals surface area (Å²) in [6.45, 7) is 0.862. The lowest BCUT2D eigenvalue weighted by atomic mass is 9.85. The van der Waals surface area contributed by atoms with Crippen molar-refractivity contribution < 1.29 is 4.74 Å². The van der Waals surface area contributed by atoms with Crippen LogP contribution in [0.5, 0.6) is 0 Å². The highest BCUT2D eigenvalue weighted by Gasteiger charge is 2.34. The molecular formula is C13H15NO. The van der Waals surface area contributed by atoms with E-state index in [1.54, 1.807) is 5.57 Å². The first-order valence-electron chi connectivity index (χ1n) is 5.84. The Morgan fingerprint density at radius 3 is 3.07 bits per heavy atom. The van der Waals surface area contributed by atoms with Crippen LogP contribution in [0.2, 0.25) is 0 Å². The highest BCUT2D eigenvalue weighted by atomic mass is 16.5. The molecule has 0 spiro atoms. The van der Waals surface area contributed by atoms with Crippen LogP contribution in [0.1, 0.15) is 38.5 Å². The van der Waals surface area contributed by atoms with E-state index in [1.807, 2.05) is 0 Å². The summed E-state index contributed by atoms with van der Waals surface area (Å²) in [5.41, 5.74) is 4.61. The van der Waals surface area contributed by atoms with Crippen molar-refractivity contribution in [2.45, 2.75) is 38.5 Å². The smallest absolute Gasteiger partial charge is 0.0999 e. The van der Waals surface area contributed by atoms with Crippen molar-refractivity contribution in [2.24, 2.45) is 5.92 Å². The van der Waals surface area contributed by atoms with Crippen LogP contribution in [0.15, 0.2) is 22.5 Å². The maximum atomic E-state index is 8.84. The third-order valence-corrected chi connectivity index (χ3v) is 3.87. The molecule has 2 aliphatic carbocycles. The number of hydrogen-bond acceptors (Lipinski definition) is 2. The average molecular weight is 201 g/mol. The summed E-state index contributed by atoms with van der Waals surface area (Å²) >= 11 is 0. The van der Waals surface area contributed by atoms with Crippen LogP contribution >= 0.6 is 0 Å². The van der Waals surface area contributed by atoms with Gasteiger partial charge >= 0.3 is 0 Å². The third-order valence-electron chi connectivity index (χ3n) is 3.87. The number of rotatable bonds is 1. The van der Waals surface area contributed by atoms with E-state index in [2.05, 4.69) is 6.07 Å². The number of nitriles is 1.